The Morgan fingerprint density at radius 3 is 2.35 bits per heavy atom. The molecule has 2 heterocycles. The Hall–Kier alpha value is -3.14. The number of allylic oxidation sites excluding steroid dienone is 1. The van der Waals surface area contributed by atoms with E-state index in [0.717, 1.165) is 5.57 Å². The Morgan fingerprint density at radius 2 is 1.79 bits per heavy atom. The van der Waals surface area contributed by atoms with Gasteiger partial charge in [0.15, 0.2) is 6.10 Å². The molecule has 3 rings (SSSR count). The number of hydrogen-bond acceptors (Lipinski definition) is 10. The van der Waals surface area contributed by atoms with E-state index in [0.29, 0.717) is 11.1 Å². The van der Waals surface area contributed by atoms with Crippen molar-refractivity contribution in [3.05, 3.63) is 35.1 Å². The number of carbonyl (C=O) groups is 4. The predicted octanol–water partition coefficient (Wildman–Crippen LogP) is 2.27. The fourth-order valence-corrected chi connectivity index (χ4v) is 4.12. The first-order chi connectivity index (χ1) is 15.8. The molecule has 0 radical (unpaired) electrons. The van der Waals surface area contributed by atoms with Crippen molar-refractivity contribution in [2.24, 2.45) is 5.92 Å². The molecular formula is C24H30O10. The zero-order chi connectivity index (χ0) is 25.3. The second-order valence-electron chi connectivity index (χ2n) is 9.37. The molecule has 1 aliphatic carbocycles. The van der Waals surface area contributed by atoms with Crippen LogP contribution in [0.3, 0.4) is 0 Å². The Morgan fingerprint density at radius 1 is 1.12 bits per heavy atom. The summed E-state index contributed by atoms with van der Waals surface area (Å²) in [6, 6.07) is 0. The third-order valence-electron chi connectivity index (χ3n) is 5.46. The third kappa shape index (κ3) is 5.85. The van der Waals surface area contributed by atoms with Crippen LogP contribution in [0.5, 0.6) is 0 Å². The van der Waals surface area contributed by atoms with Gasteiger partial charge >= 0.3 is 23.9 Å². The van der Waals surface area contributed by atoms with Crippen LogP contribution in [0.1, 0.15) is 48.0 Å². The molecule has 186 valence electrons. The molecule has 4 atom stereocenters. The first kappa shape index (κ1) is 25.5. The number of rotatable bonds is 8. The minimum Gasteiger partial charge on any atom is -0.461 e. The van der Waals surface area contributed by atoms with Gasteiger partial charge in [0.05, 0.1) is 25.2 Å². The summed E-state index contributed by atoms with van der Waals surface area (Å²) in [6.45, 7) is 9.47. The fraction of sp³-hybridized carbons (Fsp3) is 0.583. The van der Waals surface area contributed by atoms with Gasteiger partial charge in [-0.05, 0) is 39.3 Å². The van der Waals surface area contributed by atoms with Crippen molar-refractivity contribution >= 4 is 23.9 Å². The Bertz CT molecular complexity index is 962. The molecule has 34 heavy (non-hydrogen) atoms. The van der Waals surface area contributed by atoms with Gasteiger partial charge in [-0.25, -0.2) is 4.79 Å². The van der Waals surface area contributed by atoms with E-state index in [-0.39, 0.29) is 19.6 Å². The van der Waals surface area contributed by atoms with Gasteiger partial charge < -0.3 is 28.4 Å². The highest BCUT2D eigenvalue weighted by molar-refractivity contribution is 5.82. The molecule has 0 saturated carbocycles. The largest absolute Gasteiger partial charge is 0.461 e. The molecule has 10 nitrogen and oxygen atoms in total. The van der Waals surface area contributed by atoms with Crippen molar-refractivity contribution in [3.8, 4) is 0 Å². The minimum atomic E-state index is -1.05. The number of ether oxygens (including phenoxy) is 6. The standard InChI is InChI=1S/C24H30O10/c1-13(2)7-19(27)33-22-21-17(16(11-30-22)10-29-14(3)25)8-18(24(21)12-31-24)32-20(28)9-23(5,6)34-15(4)26/h7-8,11,18,21-22H,9-10,12H2,1-6H3. The van der Waals surface area contributed by atoms with E-state index >= 15 is 0 Å². The highest BCUT2D eigenvalue weighted by Gasteiger charge is 2.68. The van der Waals surface area contributed by atoms with Crippen LogP contribution < -0.4 is 0 Å². The SMILES string of the molecule is CC(=O)OCC1=COC(OC(=O)C=C(C)C)C2C1=CC(OC(=O)CC(C)(C)OC(C)=O)C21CO1. The molecule has 0 aromatic heterocycles. The summed E-state index contributed by atoms with van der Waals surface area (Å²) < 4.78 is 33.0. The van der Waals surface area contributed by atoms with Crippen molar-refractivity contribution in [1.82, 2.24) is 0 Å². The molecule has 0 N–H and O–H groups in total. The monoisotopic (exact) mass is 478 g/mol. The molecule has 1 fully saturated rings. The smallest absolute Gasteiger partial charge is 0.333 e. The second kappa shape index (κ2) is 9.61. The maximum absolute atomic E-state index is 12.7. The van der Waals surface area contributed by atoms with Crippen molar-refractivity contribution in [2.75, 3.05) is 13.2 Å². The lowest BCUT2D eigenvalue weighted by Crippen LogP contribution is -2.45. The highest BCUT2D eigenvalue weighted by atomic mass is 16.7. The zero-order valence-electron chi connectivity index (χ0n) is 20.2. The number of epoxide rings is 1. The van der Waals surface area contributed by atoms with Crippen LogP contribution in [-0.2, 0) is 47.6 Å². The summed E-state index contributed by atoms with van der Waals surface area (Å²) in [4.78, 5) is 47.6. The fourth-order valence-electron chi connectivity index (χ4n) is 4.12. The van der Waals surface area contributed by atoms with Gasteiger partial charge in [0, 0.05) is 25.5 Å². The Balaban J connectivity index is 1.83. The number of esters is 4. The van der Waals surface area contributed by atoms with E-state index in [4.69, 9.17) is 28.4 Å². The molecule has 0 aromatic rings. The van der Waals surface area contributed by atoms with Crippen LogP contribution in [0.2, 0.25) is 0 Å². The number of fused-ring (bicyclic) bond motifs is 2. The summed E-state index contributed by atoms with van der Waals surface area (Å²) in [6.07, 6.45) is 2.41. The molecule has 10 heteroatoms. The van der Waals surface area contributed by atoms with E-state index < -0.39 is 53.4 Å². The lowest BCUT2D eigenvalue weighted by molar-refractivity contribution is -0.181. The van der Waals surface area contributed by atoms with Gasteiger partial charge in [0.2, 0.25) is 0 Å². The topological polar surface area (TPSA) is 127 Å². The minimum absolute atomic E-state index is 0.0669. The number of hydrogen-bond donors (Lipinski definition) is 0. The van der Waals surface area contributed by atoms with E-state index in [1.54, 1.807) is 33.8 Å². The predicted molar refractivity (Wildman–Crippen MR) is 116 cm³/mol. The second-order valence-corrected chi connectivity index (χ2v) is 9.37. The van der Waals surface area contributed by atoms with Crippen LogP contribution in [0.4, 0.5) is 0 Å². The zero-order valence-corrected chi connectivity index (χ0v) is 20.2. The molecule has 1 saturated heterocycles. The summed E-state index contributed by atoms with van der Waals surface area (Å²) in [5, 5.41) is 0. The van der Waals surface area contributed by atoms with Gasteiger partial charge in [0.1, 0.15) is 17.8 Å². The van der Waals surface area contributed by atoms with Gasteiger partial charge in [-0.15, -0.1) is 0 Å². The first-order valence-corrected chi connectivity index (χ1v) is 10.9. The molecule has 0 bridgehead atoms. The van der Waals surface area contributed by atoms with Crippen LogP contribution >= 0.6 is 0 Å². The van der Waals surface area contributed by atoms with Gasteiger partial charge in [-0.1, -0.05) is 5.57 Å². The molecule has 2 aliphatic heterocycles. The normalized spacial score (nSPS) is 26.8. The Kier molecular flexibility index (Phi) is 7.21. The third-order valence-corrected chi connectivity index (χ3v) is 5.46. The van der Waals surface area contributed by atoms with E-state index in [1.165, 1.54) is 26.2 Å². The van der Waals surface area contributed by atoms with E-state index in [9.17, 15) is 19.2 Å². The van der Waals surface area contributed by atoms with Crippen molar-refractivity contribution < 1.29 is 47.6 Å². The van der Waals surface area contributed by atoms with Gasteiger partial charge in [-0.2, -0.15) is 0 Å². The lowest BCUT2D eigenvalue weighted by Gasteiger charge is -2.33. The van der Waals surface area contributed by atoms with E-state index in [1.807, 2.05) is 0 Å². The maximum atomic E-state index is 12.7. The molecule has 3 aliphatic rings. The molecular weight excluding hydrogens is 448 g/mol. The lowest BCUT2D eigenvalue weighted by atomic mass is 9.85. The Labute approximate surface area is 197 Å². The van der Waals surface area contributed by atoms with Crippen LogP contribution in [-0.4, -0.2) is 60.7 Å². The quantitative estimate of drug-likeness (QED) is 0.222. The summed E-state index contributed by atoms with van der Waals surface area (Å²) in [5.74, 6) is -2.75. The van der Waals surface area contributed by atoms with Crippen molar-refractivity contribution in [1.29, 1.82) is 0 Å². The van der Waals surface area contributed by atoms with Gasteiger partial charge in [0.25, 0.3) is 6.29 Å². The average Bonchev–Trinajstić information content (AvgIpc) is 3.39. The van der Waals surface area contributed by atoms with Crippen LogP contribution in [0.15, 0.2) is 35.1 Å². The van der Waals surface area contributed by atoms with E-state index in [2.05, 4.69) is 0 Å². The summed E-state index contributed by atoms with van der Waals surface area (Å²) >= 11 is 0. The summed E-state index contributed by atoms with van der Waals surface area (Å²) in [7, 11) is 0. The maximum Gasteiger partial charge on any atom is 0.333 e. The first-order valence-electron chi connectivity index (χ1n) is 10.9. The van der Waals surface area contributed by atoms with Gasteiger partial charge in [-0.3, -0.25) is 14.4 Å². The molecule has 0 amide bonds. The highest BCUT2D eigenvalue weighted by Crippen LogP contribution is 2.54. The molecule has 4 unspecified atom stereocenters. The van der Waals surface area contributed by atoms with Crippen molar-refractivity contribution in [3.63, 3.8) is 0 Å². The van der Waals surface area contributed by atoms with Crippen LogP contribution in [0, 0.1) is 5.92 Å². The average molecular weight is 478 g/mol. The number of carbonyl (C=O) groups excluding carboxylic acids is 4. The summed E-state index contributed by atoms with van der Waals surface area (Å²) in [5.41, 5.74) is -0.0817. The van der Waals surface area contributed by atoms with Crippen LogP contribution in [0.25, 0.3) is 0 Å². The van der Waals surface area contributed by atoms with Crippen molar-refractivity contribution in [2.45, 2.75) is 71.6 Å². The molecule has 0 aromatic carbocycles. The molecule has 1 spiro atoms.